The van der Waals surface area contributed by atoms with E-state index in [2.05, 4.69) is 54.5 Å². The highest BCUT2D eigenvalue weighted by molar-refractivity contribution is 5.97. The number of ether oxygens (including phenoxy) is 1. The maximum absolute atomic E-state index is 14.2. The number of carbonyl (C=O) groups excluding carboxylic acids is 2. The molecule has 10 heteroatoms. The smallest absolute Gasteiger partial charge is 0.251 e. The molecule has 298 valence electrons. The summed E-state index contributed by atoms with van der Waals surface area (Å²) in [7, 11) is 9.57. The zero-order valence-corrected chi connectivity index (χ0v) is 34.3. The highest BCUT2D eigenvalue weighted by Gasteiger charge is 2.57. The van der Waals surface area contributed by atoms with Crippen molar-refractivity contribution in [2.24, 2.45) is 29.1 Å². The zero-order chi connectivity index (χ0) is 39.8. The lowest BCUT2D eigenvalue weighted by Crippen LogP contribution is -2.62. The normalized spacial score (nSPS) is 26.9. The van der Waals surface area contributed by atoms with Crippen LogP contribution in [0.1, 0.15) is 62.0 Å². The lowest BCUT2D eigenvalue weighted by molar-refractivity contribution is -0.139. The molecule has 3 aliphatic carbocycles. The fraction of sp³-hybridized carbons (Fsp3) is 0.556. The topological polar surface area (TPSA) is 118 Å². The van der Waals surface area contributed by atoms with Crippen LogP contribution in [0.4, 0.5) is 5.69 Å². The SMILES string of the molecule is COc1c(CN2C[C@H](O)[C@@H]([C@H](C)O)[C@H]2C(=O)N[C@H]2C[C@H]3C[C@@H]([C@@H]2C)C3(C)C)cccc1-c1cc(C(=O)N[C@@H](Cc2ccccc2)CN(C)C)cc(N(C)C)c1. The van der Waals surface area contributed by atoms with Gasteiger partial charge in [0, 0.05) is 74.1 Å². The predicted molar refractivity (Wildman–Crippen MR) is 219 cm³/mol. The Balaban J connectivity index is 1.27. The number of aliphatic hydroxyl groups excluding tert-OH is 2. The molecule has 3 aromatic carbocycles. The number of likely N-dealkylation sites (N-methyl/N-ethyl adjacent to an activating group) is 1. The first kappa shape index (κ1) is 40.7. The maximum atomic E-state index is 14.2. The molecule has 0 spiro atoms. The van der Waals surface area contributed by atoms with Crippen molar-refractivity contribution in [3.63, 3.8) is 0 Å². The molecule has 2 amide bonds. The van der Waals surface area contributed by atoms with Gasteiger partial charge in [-0.25, -0.2) is 0 Å². The fourth-order valence-electron chi connectivity index (χ4n) is 9.95. The molecule has 1 saturated heterocycles. The van der Waals surface area contributed by atoms with Crippen LogP contribution in [-0.2, 0) is 17.8 Å². The first-order valence-electron chi connectivity index (χ1n) is 20.0. The van der Waals surface area contributed by atoms with Crippen LogP contribution in [0.3, 0.4) is 0 Å². The van der Waals surface area contributed by atoms with Crippen LogP contribution in [0.5, 0.6) is 5.75 Å². The minimum atomic E-state index is -0.872. The van der Waals surface area contributed by atoms with Gasteiger partial charge in [0.05, 0.1) is 25.4 Å². The molecule has 1 heterocycles. The molecule has 2 bridgehead atoms. The van der Waals surface area contributed by atoms with E-state index in [0.29, 0.717) is 54.0 Å². The molecule has 0 aromatic heterocycles. The Bertz CT molecular complexity index is 1810. The van der Waals surface area contributed by atoms with Crippen molar-refractivity contribution in [3.05, 3.63) is 83.4 Å². The number of para-hydroxylation sites is 1. The summed E-state index contributed by atoms with van der Waals surface area (Å²) in [5.74, 6) is 1.25. The van der Waals surface area contributed by atoms with Crippen LogP contribution in [-0.4, -0.2) is 111 Å². The standard InChI is InChI=1S/C45H63N5O5/c1-27-37-22-33(45(37,3)4)23-38(27)47-44(54)41-40(28(2)51)39(52)26-50(41)24-30-16-13-17-36(42(30)55-9)31-19-32(21-35(20-31)49(7)8)43(53)46-34(25-48(5)6)18-29-14-11-10-12-15-29/h10-17,19-21,27-28,33-34,37-41,51-52H,18,22-26H2,1-9H3,(H,46,53)(H,47,54)/t27-,28-,33+,34-,37-,38-,39-,40+,41-/m0/s1. The molecule has 10 nitrogen and oxygen atoms in total. The number of amides is 2. The van der Waals surface area contributed by atoms with E-state index in [1.54, 1.807) is 14.0 Å². The van der Waals surface area contributed by atoms with Gasteiger partial charge in [0.1, 0.15) is 5.75 Å². The van der Waals surface area contributed by atoms with Gasteiger partial charge >= 0.3 is 0 Å². The molecule has 0 radical (unpaired) electrons. The van der Waals surface area contributed by atoms with Gasteiger partial charge in [0.2, 0.25) is 5.91 Å². The number of hydrogen-bond donors (Lipinski definition) is 4. The van der Waals surface area contributed by atoms with Gasteiger partial charge in [0.15, 0.2) is 0 Å². The molecule has 3 saturated carbocycles. The lowest BCUT2D eigenvalue weighted by Gasteiger charge is -2.62. The van der Waals surface area contributed by atoms with Crippen molar-refractivity contribution >= 4 is 17.5 Å². The number of nitrogens with zero attached hydrogens (tertiary/aromatic N) is 3. The second-order valence-corrected chi connectivity index (χ2v) is 17.6. The Morgan fingerprint density at radius 1 is 1.02 bits per heavy atom. The Hall–Kier alpha value is -3.96. The quantitative estimate of drug-likeness (QED) is 0.181. The molecule has 1 aliphatic heterocycles. The van der Waals surface area contributed by atoms with Crippen LogP contribution in [0.2, 0.25) is 0 Å². The highest BCUT2D eigenvalue weighted by Crippen LogP contribution is 2.61. The van der Waals surface area contributed by atoms with Crippen LogP contribution in [0.25, 0.3) is 11.1 Å². The van der Waals surface area contributed by atoms with Crippen molar-refractivity contribution in [2.75, 3.05) is 53.3 Å². The van der Waals surface area contributed by atoms with Gasteiger partial charge in [-0.3, -0.25) is 14.5 Å². The number of likely N-dealkylation sites (tertiary alicyclic amines) is 1. The summed E-state index contributed by atoms with van der Waals surface area (Å²) in [5, 5.41) is 28.8. The number of hydrogen-bond acceptors (Lipinski definition) is 8. The third-order valence-corrected chi connectivity index (χ3v) is 13.1. The summed E-state index contributed by atoms with van der Waals surface area (Å²) >= 11 is 0. The third-order valence-electron chi connectivity index (χ3n) is 13.1. The van der Waals surface area contributed by atoms with E-state index in [-0.39, 0.29) is 30.4 Å². The molecule has 4 fully saturated rings. The van der Waals surface area contributed by atoms with E-state index in [9.17, 15) is 19.8 Å². The van der Waals surface area contributed by atoms with Gasteiger partial charge in [-0.05, 0) is 92.8 Å². The van der Waals surface area contributed by atoms with Crippen LogP contribution >= 0.6 is 0 Å². The van der Waals surface area contributed by atoms with Crippen LogP contribution in [0.15, 0.2) is 66.7 Å². The summed E-state index contributed by atoms with van der Waals surface area (Å²) in [6.45, 7) is 9.88. The van der Waals surface area contributed by atoms with E-state index in [1.807, 2.05) is 86.5 Å². The van der Waals surface area contributed by atoms with Gasteiger partial charge in [-0.15, -0.1) is 0 Å². The van der Waals surface area contributed by atoms with Crippen molar-refractivity contribution in [1.82, 2.24) is 20.4 Å². The van der Waals surface area contributed by atoms with E-state index in [1.165, 1.54) is 6.42 Å². The first-order chi connectivity index (χ1) is 26.1. The predicted octanol–water partition coefficient (Wildman–Crippen LogP) is 5.06. The molecule has 55 heavy (non-hydrogen) atoms. The van der Waals surface area contributed by atoms with E-state index >= 15 is 0 Å². The van der Waals surface area contributed by atoms with Gasteiger partial charge < -0.3 is 35.4 Å². The highest BCUT2D eigenvalue weighted by atomic mass is 16.5. The molecular weight excluding hydrogens is 691 g/mol. The number of anilines is 1. The summed E-state index contributed by atoms with van der Waals surface area (Å²) in [6, 6.07) is 21.3. The molecule has 4 N–H and O–H groups in total. The zero-order valence-electron chi connectivity index (χ0n) is 34.3. The first-order valence-corrected chi connectivity index (χ1v) is 20.0. The van der Waals surface area contributed by atoms with E-state index in [0.717, 1.165) is 34.4 Å². The third kappa shape index (κ3) is 8.58. The Labute approximate surface area is 328 Å². The van der Waals surface area contributed by atoms with Crippen molar-refractivity contribution in [1.29, 1.82) is 0 Å². The molecule has 7 rings (SSSR count). The number of rotatable bonds is 14. The number of benzene rings is 3. The maximum Gasteiger partial charge on any atom is 0.251 e. The van der Waals surface area contributed by atoms with Crippen molar-refractivity contribution in [2.45, 2.75) is 83.8 Å². The second-order valence-electron chi connectivity index (χ2n) is 17.6. The fourth-order valence-corrected chi connectivity index (χ4v) is 9.95. The van der Waals surface area contributed by atoms with Crippen molar-refractivity contribution < 1.29 is 24.5 Å². The number of β-amino-alcohol motifs (C(OH)–C–C–N with tert-alkyl or cyclic N) is 1. The summed E-state index contributed by atoms with van der Waals surface area (Å²) in [4.78, 5) is 34.3. The van der Waals surface area contributed by atoms with Crippen molar-refractivity contribution in [3.8, 4) is 16.9 Å². The molecule has 4 aliphatic rings. The van der Waals surface area contributed by atoms with Crippen LogP contribution < -0.4 is 20.3 Å². The lowest BCUT2D eigenvalue weighted by atomic mass is 9.45. The second kappa shape index (κ2) is 16.6. The number of methoxy groups -OCH3 is 1. The minimum Gasteiger partial charge on any atom is -0.496 e. The average Bonchev–Trinajstić information content (AvgIpc) is 3.47. The van der Waals surface area contributed by atoms with Gasteiger partial charge in [-0.1, -0.05) is 69.3 Å². The number of nitrogens with one attached hydrogen (secondary N) is 2. The van der Waals surface area contributed by atoms with E-state index in [4.69, 9.17) is 4.74 Å². The molecule has 3 aromatic rings. The minimum absolute atomic E-state index is 0.0725. The Morgan fingerprint density at radius 2 is 1.75 bits per heavy atom. The largest absolute Gasteiger partial charge is 0.496 e. The molecular formula is C45H63N5O5. The average molecular weight is 754 g/mol. The monoisotopic (exact) mass is 753 g/mol. The summed E-state index contributed by atoms with van der Waals surface area (Å²) in [5.41, 5.74) is 5.37. The van der Waals surface area contributed by atoms with E-state index < -0.39 is 24.2 Å². The number of fused-ring (bicyclic) bond motifs is 2. The number of carbonyl (C=O) groups is 2. The van der Waals surface area contributed by atoms with Gasteiger partial charge in [0.25, 0.3) is 5.91 Å². The Kier molecular flexibility index (Phi) is 12.3. The molecule has 9 atom stereocenters. The Morgan fingerprint density at radius 3 is 2.36 bits per heavy atom. The summed E-state index contributed by atoms with van der Waals surface area (Å²) in [6.07, 6.45) is 1.15. The number of aliphatic hydroxyl groups is 2. The molecule has 0 unspecified atom stereocenters. The van der Waals surface area contributed by atoms with Crippen LogP contribution in [0, 0.1) is 29.1 Å². The van der Waals surface area contributed by atoms with Gasteiger partial charge in [-0.2, -0.15) is 0 Å². The summed E-state index contributed by atoms with van der Waals surface area (Å²) < 4.78 is 6.13.